The lowest BCUT2D eigenvalue weighted by Crippen LogP contribution is -2.41. The summed E-state index contributed by atoms with van der Waals surface area (Å²) in [6.07, 6.45) is 0.467. The van der Waals surface area contributed by atoms with Crippen molar-refractivity contribution in [3.05, 3.63) is 0 Å². The van der Waals surface area contributed by atoms with E-state index in [0.717, 1.165) is 0 Å². The lowest BCUT2D eigenvalue weighted by atomic mass is 10.3. The van der Waals surface area contributed by atoms with E-state index in [4.69, 9.17) is 5.11 Å². The van der Waals surface area contributed by atoms with Gasteiger partial charge in [-0.3, -0.25) is 9.59 Å². The first-order chi connectivity index (χ1) is 7.93. The van der Waals surface area contributed by atoms with Crippen molar-refractivity contribution in [2.75, 3.05) is 26.7 Å². The van der Waals surface area contributed by atoms with Gasteiger partial charge in [0.1, 0.15) is 0 Å². The van der Waals surface area contributed by atoms with Crippen molar-refractivity contribution >= 4 is 17.9 Å². The van der Waals surface area contributed by atoms with Crippen molar-refractivity contribution in [2.45, 2.75) is 19.8 Å². The number of carboxylic acid groups (broad SMARTS) is 1. The van der Waals surface area contributed by atoms with Gasteiger partial charge in [0.15, 0.2) is 0 Å². The van der Waals surface area contributed by atoms with Crippen LogP contribution in [0.2, 0.25) is 0 Å². The van der Waals surface area contributed by atoms with Crippen LogP contribution >= 0.6 is 0 Å². The molecule has 0 spiro atoms. The van der Waals surface area contributed by atoms with Gasteiger partial charge >= 0.3 is 12.0 Å². The Labute approximate surface area is 100 Å². The second kappa shape index (κ2) is 8.37. The highest BCUT2D eigenvalue weighted by molar-refractivity contribution is 5.74. The van der Waals surface area contributed by atoms with E-state index in [1.165, 1.54) is 11.8 Å². The number of nitrogens with one attached hydrogen (secondary N) is 2. The van der Waals surface area contributed by atoms with E-state index in [1.807, 2.05) is 0 Å². The van der Waals surface area contributed by atoms with Gasteiger partial charge < -0.3 is 20.6 Å². The Morgan fingerprint density at radius 2 is 1.76 bits per heavy atom. The van der Waals surface area contributed by atoms with Crippen molar-refractivity contribution < 1.29 is 19.5 Å². The Hall–Kier alpha value is -1.79. The molecule has 3 N–H and O–H groups in total. The molecule has 17 heavy (non-hydrogen) atoms. The maximum absolute atomic E-state index is 11.4. The summed E-state index contributed by atoms with van der Waals surface area (Å²) in [6.45, 7) is 2.52. The number of hydrogen-bond acceptors (Lipinski definition) is 3. The number of aliphatic carboxylic acids is 1. The Balaban J connectivity index is 3.60. The SMILES string of the molecule is CC(=O)NCCNC(=O)N(C)CCCC(=O)O. The first-order valence-corrected chi connectivity index (χ1v) is 5.38. The number of carbonyl (C=O) groups is 3. The zero-order chi connectivity index (χ0) is 13.3. The number of rotatable bonds is 7. The molecule has 0 aliphatic heterocycles. The highest BCUT2D eigenvalue weighted by Gasteiger charge is 2.07. The third-order valence-electron chi connectivity index (χ3n) is 2.01. The standard InChI is InChI=1S/C10H19N3O4/c1-8(14)11-5-6-12-10(17)13(2)7-3-4-9(15)16/h3-7H2,1-2H3,(H,11,14)(H,12,17)(H,15,16). The molecule has 3 amide bonds. The van der Waals surface area contributed by atoms with Crippen LogP contribution in [0.1, 0.15) is 19.8 Å². The van der Waals surface area contributed by atoms with Crippen molar-refractivity contribution in [1.82, 2.24) is 15.5 Å². The molecule has 0 aromatic heterocycles. The van der Waals surface area contributed by atoms with Crippen LogP contribution in [0.15, 0.2) is 0 Å². The van der Waals surface area contributed by atoms with Gasteiger partial charge in [0.05, 0.1) is 0 Å². The highest BCUT2D eigenvalue weighted by Crippen LogP contribution is 1.93. The van der Waals surface area contributed by atoms with E-state index in [1.54, 1.807) is 7.05 Å². The fraction of sp³-hybridized carbons (Fsp3) is 0.700. The smallest absolute Gasteiger partial charge is 0.317 e. The maximum atomic E-state index is 11.4. The summed E-state index contributed by atoms with van der Waals surface area (Å²) in [4.78, 5) is 33.6. The first-order valence-electron chi connectivity index (χ1n) is 5.38. The van der Waals surface area contributed by atoms with Crippen molar-refractivity contribution in [1.29, 1.82) is 0 Å². The Morgan fingerprint density at radius 1 is 1.18 bits per heavy atom. The van der Waals surface area contributed by atoms with Gasteiger partial charge in [0.25, 0.3) is 0 Å². The van der Waals surface area contributed by atoms with Crippen LogP contribution in [-0.2, 0) is 9.59 Å². The van der Waals surface area contributed by atoms with Gasteiger partial charge in [-0.15, -0.1) is 0 Å². The number of carboxylic acids is 1. The van der Waals surface area contributed by atoms with E-state index >= 15 is 0 Å². The van der Waals surface area contributed by atoms with E-state index in [0.29, 0.717) is 26.1 Å². The minimum atomic E-state index is -0.871. The molecule has 0 bridgehead atoms. The molecule has 0 unspecified atom stereocenters. The first kappa shape index (κ1) is 15.2. The molecule has 98 valence electrons. The molecule has 0 aliphatic rings. The summed E-state index contributed by atoms with van der Waals surface area (Å²) in [7, 11) is 1.59. The van der Waals surface area contributed by atoms with Gasteiger partial charge in [0, 0.05) is 40.0 Å². The molecule has 0 saturated carbocycles. The third-order valence-corrected chi connectivity index (χ3v) is 2.01. The summed E-state index contributed by atoms with van der Waals surface area (Å²) in [6, 6.07) is -0.277. The Morgan fingerprint density at radius 3 is 2.29 bits per heavy atom. The molecule has 7 nitrogen and oxygen atoms in total. The average Bonchev–Trinajstić information content (AvgIpc) is 2.23. The molecule has 0 aromatic carbocycles. The van der Waals surface area contributed by atoms with Gasteiger partial charge in [-0.1, -0.05) is 0 Å². The normalized spacial score (nSPS) is 9.53. The topological polar surface area (TPSA) is 98.7 Å². The largest absolute Gasteiger partial charge is 0.481 e. The monoisotopic (exact) mass is 245 g/mol. The van der Waals surface area contributed by atoms with Crippen LogP contribution in [-0.4, -0.2) is 54.6 Å². The predicted octanol–water partition coefficient (Wildman–Crippen LogP) is -0.371. The number of hydrogen-bond donors (Lipinski definition) is 3. The molecule has 0 atom stereocenters. The summed E-state index contributed by atoms with van der Waals surface area (Å²) >= 11 is 0. The molecule has 0 heterocycles. The van der Waals surface area contributed by atoms with Crippen molar-refractivity contribution in [3.63, 3.8) is 0 Å². The van der Waals surface area contributed by atoms with Crippen molar-refractivity contribution in [2.24, 2.45) is 0 Å². The van der Waals surface area contributed by atoms with Crippen molar-refractivity contribution in [3.8, 4) is 0 Å². The molecule has 7 heteroatoms. The van der Waals surface area contributed by atoms with Crippen LogP contribution in [0.5, 0.6) is 0 Å². The highest BCUT2D eigenvalue weighted by atomic mass is 16.4. The summed E-state index contributed by atoms with van der Waals surface area (Å²) < 4.78 is 0. The molecular weight excluding hydrogens is 226 g/mol. The molecule has 0 rings (SSSR count). The van der Waals surface area contributed by atoms with Gasteiger partial charge in [-0.05, 0) is 6.42 Å². The number of urea groups is 1. The van der Waals surface area contributed by atoms with Crippen LogP contribution in [0.4, 0.5) is 4.79 Å². The van der Waals surface area contributed by atoms with E-state index in [-0.39, 0.29) is 18.4 Å². The van der Waals surface area contributed by atoms with Crippen LogP contribution in [0.3, 0.4) is 0 Å². The van der Waals surface area contributed by atoms with Gasteiger partial charge in [-0.25, -0.2) is 4.79 Å². The molecule has 0 saturated heterocycles. The zero-order valence-corrected chi connectivity index (χ0v) is 10.2. The van der Waals surface area contributed by atoms with E-state index < -0.39 is 5.97 Å². The molecule has 0 aromatic rings. The minimum absolute atomic E-state index is 0.0452. The average molecular weight is 245 g/mol. The summed E-state index contributed by atoms with van der Waals surface area (Å²) in [5, 5.41) is 13.6. The maximum Gasteiger partial charge on any atom is 0.317 e. The van der Waals surface area contributed by atoms with Gasteiger partial charge in [0.2, 0.25) is 5.91 Å². The summed E-state index contributed by atoms with van der Waals surface area (Å²) in [5.41, 5.74) is 0. The molecule has 0 aliphatic carbocycles. The van der Waals surface area contributed by atoms with E-state index in [2.05, 4.69) is 10.6 Å². The fourth-order valence-electron chi connectivity index (χ4n) is 1.11. The predicted molar refractivity (Wildman–Crippen MR) is 61.6 cm³/mol. The zero-order valence-electron chi connectivity index (χ0n) is 10.2. The lowest BCUT2D eigenvalue weighted by Gasteiger charge is -2.17. The van der Waals surface area contributed by atoms with E-state index in [9.17, 15) is 14.4 Å². The number of nitrogens with zero attached hydrogens (tertiary/aromatic N) is 1. The number of carbonyl (C=O) groups excluding carboxylic acids is 2. The van der Waals surface area contributed by atoms with Crippen LogP contribution < -0.4 is 10.6 Å². The Bertz CT molecular complexity index is 281. The van der Waals surface area contributed by atoms with Gasteiger partial charge in [-0.2, -0.15) is 0 Å². The molecular formula is C10H19N3O4. The lowest BCUT2D eigenvalue weighted by molar-refractivity contribution is -0.137. The second-order valence-electron chi connectivity index (χ2n) is 3.63. The molecule has 0 radical (unpaired) electrons. The quantitative estimate of drug-likeness (QED) is 0.533. The van der Waals surface area contributed by atoms with Crippen LogP contribution in [0.25, 0.3) is 0 Å². The third kappa shape index (κ3) is 9.16. The fourth-order valence-corrected chi connectivity index (χ4v) is 1.11. The molecule has 0 fully saturated rings. The minimum Gasteiger partial charge on any atom is -0.481 e. The van der Waals surface area contributed by atoms with Crippen LogP contribution in [0, 0.1) is 0 Å². The number of amides is 3. The second-order valence-corrected chi connectivity index (χ2v) is 3.63. The Kier molecular flexibility index (Phi) is 7.49. The summed E-state index contributed by atoms with van der Waals surface area (Å²) in [5.74, 6) is -1.02.